The van der Waals surface area contributed by atoms with Gasteiger partial charge in [0.1, 0.15) is 6.61 Å². The van der Waals surface area contributed by atoms with E-state index < -0.39 is 4.92 Å². The summed E-state index contributed by atoms with van der Waals surface area (Å²) in [6.07, 6.45) is -0.335. The van der Waals surface area contributed by atoms with Crippen molar-refractivity contribution < 1.29 is 14.5 Å². The largest absolute Gasteiger partial charge is 0.448 e. The number of benzene rings is 1. The fourth-order valence-electron chi connectivity index (χ4n) is 1.51. The number of hydrogen-bond donors (Lipinski definition) is 0. The Morgan fingerprint density at radius 3 is 2.56 bits per heavy atom. The maximum atomic E-state index is 11.1. The zero-order valence-electron chi connectivity index (χ0n) is 8.46. The number of hydrogen-bond acceptors (Lipinski definition) is 4. The first-order valence-corrected chi connectivity index (χ1v) is 4.82. The van der Waals surface area contributed by atoms with Crippen molar-refractivity contribution in [3.8, 4) is 0 Å². The molecule has 0 aliphatic carbocycles. The zero-order chi connectivity index (χ0) is 11.5. The number of non-ortho nitro benzene ring substituents is 1. The van der Waals surface area contributed by atoms with Crippen LogP contribution in [-0.2, 0) is 11.3 Å². The molecular formula is C10H10N2O4. The number of ether oxygens (including phenoxy) is 1. The molecule has 6 nitrogen and oxygen atoms in total. The van der Waals surface area contributed by atoms with Gasteiger partial charge < -0.3 is 9.64 Å². The normalized spacial score (nSPS) is 15.0. The van der Waals surface area contributed by atoms with Crippen molar-refractivity contribution in [1.82, 2.24) is 4.90 Å². The molecule has 0 radical (unpaired) electrons. The van der Waals surface area contributed by atoms with Crippen LogP contribution in [0.4, 0.5) is 10.5 Å². The minimum atomic E-state index is -0.450. The highest BCUT2D eigenvalue weighted by atomic mass is 16.6. The van der Waals surface area contributed by atoms with Gasteiger partial charge in [-0.2, -0.15) is 0 Å². The number of nitro benzene ring substituents is 1. The van der Waals surface area contributed by atoms with E-state index in [1.165, 1.54) is 12.1 Å². The number of cyclic esters (lactones) is 1. The minimum absolute atomic E-state index is 0.0488. The maximum absolute atomic E-state index is 11.1. The highest BCUT2D eigenvalue weighted by molar-refractivity contribution is 5.69. The minimum Gasteiger partial charge on any atom is -0.448 e. The summed E-state index contributed by atoms with van der Waals surface area (Å²) in [6.45, 7) is 1.40. The summed E-state index contributed by atoms with van der Waals surface area (Å²) >= 11 is 0. The van der Waals surface area contributed by atoms with E-state index in [0.717, 1.165) is 5.56 Å². The van der Waals surface area contributed by atoms with Crippen LogP contribution >= 0.6 is 0 Å². The van der Waals surface area contributed by atoms with Crippen LogP contribution in [-0.4, -0.2) is 29.1 Å². The first-order chi connectivity index (χ1) is 7.66. The van der Waals surface area contributed by atoms with Gasteiger partial charge in [-0.1, -0.05) is 12.1 Å². The van der Waals surface area contributed by atoms with E-state index in [1.807, 2.05) is 0 Å². The Morgan fingerprint density at radius 2 is 2.06 bits per heavy atom. The van der Waals surface area contributed by atoms with Gasteiger partial charge in [0.15, 0.2) is 0 Å². The lowest BCUT2D eigenvalue weighted by Crippen LogP contribution is -2.23. The third kappa shape index (κ3) is 2.10. The second-order valence-corrected chi connectivity index (χ2v) is 3.46. The predicted molar refractivity (Wildman–Crippen MR) is 54.9 cm³/mol. The van der Waals surface area contributed by atoms with Crippen LogP contribution < -0.4 is 0 Å². The van der Waals surface area contributed by atoms with Gasteiger partial charge in [-0.05, 0) is 5.56 Å². The van der Waals surface area contributed by atoms with Crippen molar-refractivity contribution in [2.75, 3.05) is 13.2 Å². The molecule has 0 bridgehead atoms. The molecule has 1 aliphatic heterocycles. The van der Waals surface area contributed by atoms with E-state index in [4.69, 9.17) is 4.74 Å². The van der Waals surface area contributed by atoms with Gasteiger partial charge in [0, 0.05) is 18.7 Å². The van der Waals surface area contributed by atoms with Crippen LogP contribution in [0, 0.1) is 10.1 Å². The third-order valence-corrected chi connectivity index (χ3v) is 2.37. The van der Waals surface area contributed by atoms with Crippen LogP contribution in [0.15, 0.2) is 24.3 Å². The van der Waals surface area contributed by atoms with E-state index in [2.05, 4.69) is 0 Å². The van der Waals surface area contributed by atoms with E-state index in [0.29, 0.717) is 19.7 Å². The number of nitro groups is 1. The van der Waals surface area contributed by atoms with Crippen LogP contribution in [0.1, 0.15) is 5.56 Å². The van der Waals surface area contributed by atoms with Gasteiger partial charge in [0.05, 0.1) is 11.5 Å². The van der Waals surface area contributed by atoms with Crippen molar-refractivity contribution >= 4 is 11.8 Å². The molecule has 0 N–H and O–H groups in total. The molecule has 1 heterocycles. The van der Waals surface area contributed by atoms with Crippen molar-refractivity contribution in [2.45, 2.75) is 6.54 Å². The molecular weight excluding hydrogens is 212 g/mol. The fraction of sp³-hybridized carbons (Fsp3) is 0.300. The smallest absolute Gasteiger partial charge is 0.410 e. The molecule has 0 unspecified atom stereocenters. The SMILES string of the molecule is O=C1OCCN1Cc1ccc([N+](=O)[O-])cc1. The van der Waals surface area contributed by atoms with E-state index >= 15 is 0 Å². The summed E-state index contributed by atoms with van der Waals surface area (Å²) < 4.78 is 4.78. The Labute approximate surface area is 91.6 Å². The number of amides is 1. The van der Waals surface area contributed by atoms with Crippen molar-refractivity contribution in [3.05, 3.63) is 39.9 Å². The average Bonchev–Trinajstić information content (AvgIpc) is 2.65. The third-order valence-electron chi connectivity index (χ3n) is 2.37. The topological polar surface area (TPSA) is 72.7 Å². The Morgan fingerprint density at radius 1 is 1.38 bits per heavy atom. The fourth-order valence-corrected chi connectivity index (χ4v) is 1.51. The number of carbonyl (C=O) groups is 1. The maximum Gasteiger partial charge on any atom is 0.410 e. The van der Waals surface area contributed by atoms with Gasteiger partial charge in [-0.3, -0.25) is 10.1 Å². The molecule has 1 aromatic rings. The molecule has 0 aromatic heterocycles. The standard InChI is InChI=1S/C10H10N2O4/c13-10-11(5-6-16-10)7-8-1-3-9(4-2-8)12(14)15/h1-4H,5-7H2. The van der Waals surface area contributed by atoms with Crippen molar-refractivity contribution in [1.29, 1.82) is 0 Å². The summed E-state index contributed by atoms with van der Waals surface area (Å²) in [7, 11) is 0. The first kappa shape index (κ1) is 10.4. The highest BCUT2D eigenvalue weighted by Gasteiger charge is 2.21. The summed E-state index contributed by atoms with van der Waals surface area (Å²) in [5, 5.41) is 10.4. The Kier molecular flexibility index (Phi) is 2.72. The molecule has 1 aliphatic rings. The Hall–Kier alpha value is -2.11. The molecule has 84 valence electrons. The molecule has 2 rings (SSSR count). The van der Waals surface area contributed by atoms with Gasteiger partial charge in [-0.25, -0.2) is 4.79 Å². The first-order valence-electron chi connectivity index (χ1n) is 4.82. The number of nitrogens with zero attached hydrogens (tertiary/aromatic N) is 2. The van der Waals surface area contributed by atoms with Crippen LogP contribution in [0.2, 0.25) is 0 Å². The van der Waals surface area contributed by atoms with Crippen LogP contribution in [0.5, 0.6) is 0 Å². The molecule has 1 saturated heterocycles. The van der Waals surface area contributed by atoms with Gasteiger partial charge in [0.2, 0.25) is 0 Å². The van der Waals surface area contributed by atoms with E-state index in [1.54, 1.807) is 17.0 Å². The Balaban J connectivity index is 2.05. The lowest BCUT2D eigenvalue weighted by molar-refractivity contribution is -0.384. The lowest BCUT2D eigenvalue weighted by Gasteiger charge is -2.11. The van der Waals surface area contributed by atoms with Crippen molar-refractivity contribution in [2.24, 2.45) is 0 Å². The van der Waals surface area contributed by atoms with E-state index in [9.17, 15) is 14.9 Å². The summed E-state index contributed by atoms with van der Waals surface area (Å²) in [5.41, 5.74) is 0.900. The second-order valence-electron chi connectivity index (χ2n) is 3.46. The van der Waals surface area contributed by atoms with Crippen LogP contribution in [0.3, 0.4) is 0 Å². The molecule has 6 heteroatoms. The summed E-state index contributed by atoms with van der Waals surface area (Å²) in [6, 6.07) is 6.14. The highest BCUT2D eigenvalue weighted by Crippen LogP contribution is 2.15. The molecule has 0 saturated carbocycles. The molecule has 0 spiro atoms. The zero-order valence-corrected chi connectivity index (χ0v) is 8.46. The van der Waals surface area contributed by atoms with Gasteiger partial charge >= 0.3 is 6.09 Å². The predicted octanol–water partition coefficient (Wildman–Crippen LogP) is 1.55. The molecule has 1 fully saturated rings. The average molecular weight is 222 g/mol. The summed E-state index contributed by atoms with van der Waals surface area (Å²) in [5.74, 6) is 0. The Bertz CT molecular complexity index is 415. The molecule has 0 atom stereocenters. The van der Waals surface area contributed by atoms with E-state index in [-0.39, 0.29) is 11.8 Å². The van der Waals surface area contributed by atoms with Crippen LogP contribution in [0.25, 0.3) is 0 Å². The van der Waals surface area contributed by atoms with Gasteiger partial charge in [-0.15, -0.1) is 0 Å². The van der Waals surface area contributed by atoms with Crippen molar-refractivity contribution in [3.63, 3.8) is 0 Å². The molecule has 1 aromatic carbocycles. The monoisotopic (exact) mass is 222 g/mol. The number of rotatable bonds is 3. The lowest BCUT2D eigenvalue weighted by atomic mass is 10.2. The molecule has 16 heavy (non-hydrogen) atoms. The molecule has 1 amide bonds. The quantitative estimate of drug-likeness (QED) is 0.574. The summed E-state index contributed by atoms with van der Waals surface area (Å²) in [4.78, 5) is 22.7. The van der Waals surface area contributed by atoms with Gasteiger partial charge in [0.25, 0.3) is 5.69 Å². The second kappa shape index (κ2) is 4.18. The number of carbonyl (C=O) groups excluding carboxylic acids is 1.